The molecule has 0 aliphatic carbocycles. The lowest BCUT2D eigenvalue weighted by atomic mass is 9.94. The largest absolute Gasteiger partial charge is 0.481 e. The standard InChI is InChI=1S/C25H38N4O4/c1-2-3-4-5-22-23(18-27-14-8-19(9-15-27)24(30)31)33-25(32)29(22)21-10-16-28(17-11-21)20-6-12-26-13-7-20/h6-7,12-13,19,21-23H,2-5,8-11,14-18H2,1H3,(H,30,31). The molecule has 1 amide bonds. The van der Waals surface area contributed by atoms with Crippen LogP contribution in [0.15, 0.2) is 24.5 Å². The fourth-order valence-corrected chi connectivity index (χ4v) is 5.66. The quantitative estimate of drug-likeness (QED) is 0.566. The van der Waals surface area contributed by atoms with Gasteiger partial charge in [0.2, 0.25) is 0 Å². The minimum Gasteiger partial charge on any atom is -0.481 e. The van der Waals surface area contributed by atoms with Gasteiger partial charge in [0, 0.05) is 43.8 Å². The molecule has 3 aliphatic heterocycles. The summed E-state index contributed by atoms with van der Waals surface area (Å²) in [5.74, 6) is -0.932. The Balaban J connectivity index is 1.38. The summed E-state index contributed by atoms with van der Waals surface area (Å²) < 4.78 is 5.97. The number of cyclic esters (lactones) is 1. The van der Waals surface area contributed by atoms with Crippen LogP contribution >= 0.6 is 0 Å². The van der Waals surface area contributed by atoms with E-state index in [2.05, 4.69) is 26.6 Å². The lowest BCUT2D eigenvalue weighted by Crippen LogP contribution is -2.51. The van der Waals surface area contributed by atoms with Crippen LogP contribution in [0, 0.1) is 5.92 Å². The second kappa shape index (κ2) is 11.2. The SMILES string of the molecule is CCCCCC1C(CN2CCC(C(=O)O)CC2)OC(=O)N1C1CCN(c2ccncc2)CC1. The van der Waals surface area contributed by atoms with Gasteiger partial charge in [0.15, 0.2) is 0 Å². The number of carbonyl (C=O) groups excluding carboxylic acids is 1. The highest BCUT2D eigenvalue weighted by Gasteiger charge is 2.46. The number of nitrogens with zero attached hydrogens (tertiary/aromatic N) is 4. The molecule has 0 spiro atoms. The van der Waals surface area contributed by atoms with Gasteiger partial charge in [-0.3, -0.25) is 19.6 Å². The zero-order valence-corrected chi connectivity index (χ0v) is 19.8. The molecule has 182 valence electrons. The van der Waals surface area contributed by atoms with E-state index in [9.17, 15) is 14.7 Å². The number of likely N-dealkylation sites (tertiary alicyclic amines) is 1. The Hall–Kier alpha value is -2.35. The van der Waals surface area contributed by atoms with Crippen LogP contribution < -0.4 is 4.90 Å². The van der Waals surface area contributed by atoms with Gasteiger partial charge < -0.3 is 14.7 Å². The smallest absolute Gasteiger partial charge is 0.410 e. The van der Waals surface area contributed by atoms with Crippen LogP contribution in [0.3, 0.4) is 0 Å². The molecule has 1 aromatic rings. The number of carboxylic acid groups (broad SMARTS) is 1. The third-order valence-corrected chi connectivity index (χ3v) is 7.61. The predicted octanol–water partition coefficient (Wildman–Crippen LogP) is 3.62. The zero-order chi connectivity index (χ0) is 23.2. The van der Waals surface area contributed by atoms with Crippen LogP contribution in [0.2, 0.25) is 0 Å². The van der Waals surface area contributed by atoms with Crippen molar-refractivity contribution in [3.63, 3.8) is 0 Å². The molecule has 0 saturated carbocycles. The average Bonchev–Trinajstić information content (AvgIpc) is 3.14. The van der Waals surface area contributed by atoms with Gasteiger partial charge in [0.1, 0.15) is 6.10 Å². The van der Waals surface area contributed by atoms with Gasteiger partial charge >= 0.3 is 12.1 Å². The van der Waals surface area contributed by atoms with Crippen molar-refractivity contribution in [2.45, 2.75) is 76.5 Å². The van der Waals surface area contributed by atoms with Crippen molar-refractivity contribution in [2.24, 2.45) is 5.92 Å². The van der Waals surface area contributed by atoms with Crippen LogP contribution in [-0.4, -0.2) is 82.9 Å². The number of carbonyl (C=O) groups is 2. The van der Waals surface area contributed by atoms with Gasteiger partial charge in [0.25, 0.3) is 0 Å². The average molecular weight is 459 g/mol. The molecular formula is C25H38N4O4. The van der Waals surface area contributed by atoms with E-state index >= 15 is 0 Å². The number of hydrogen-bond acceptors (Lipinski definition) is 6. The van der Waals surface area contributed by atoms with Gasteiger partial charge in [-0.25, -0.2) is 4.79 Å². The number of unbranched alkanes of at least 4 members (excludes halogenated alkanes) is 2. The van der Waals surface area contributed by atoms with Crippen LogP contribution in [-0.2, 0) is 9.53 Å². The molecule has 0 bridgehead atoms. The number of anilines is 1. The fourth-order valence-electron chi connectivity index (χ4n) is 5.66. The van der Waals surface area contributed by atoms with Crippen molar-refractivity contribution in [1.29, 1.82) is 0 Å². The second-order valence-electron chi connectivity index (χ2n) is 9.73. The molecular weight excluding hydrogens is 420 g/mol. The molecule has 1 N–H and O–H groups in total. The fraction of sp³-hybridized carbons (Fsp3) is 0.720. The summed E-state index contributed by atoms with van der Waals surface area (Å²) in [6.07, 6.45) is 11.0. The van der Waals surface area contributed by atoms with E-state index in [-0.39, 0.29) is 30.2 Å². The molecule has 2 atom stereocenters. The van der Waals surface area contributed by atoms with E-state index in [1.54, 1.807) is 0 Å². The molecule has 4 heterocycles. The Labute approximate surface area is 196 Å². The van der Waals surface area contributed by atoms with Gasteiger partial charge in [-0.2, -0.15) is 0 Å². The minimum absolute atomic E-state index is 0.110. The molecule has 0 radical (unpaired) electrons. The van der Waals surface area contributed by atoms with Gasteiger partial charge in [-0.05, 0) is 57.3 Å². The van der Waals surface area contributed by atoms with Crippen LogP contribution in [0.4, 0.5) is 10.5 Å². The summed E-state index contributed by atoms with van der Waals surface area (Å²) in [7, 11) is 0. The molecule has 8 heteroatoms. The van der Waals surface area contributed by atoms with Gasteiger partial charge in [-0.15, -0.1) is 0 Å². The summed E-state index contributed by atoms with van der Waals surface area (Å²) in [6.45, 7) is 6.28. The number of hydrogen-bond donors (Lipinski definition) is 1. The summed E-state index contributed by atoms with van der Waals surface area (Å²) in [5, 5.41) is 9.28. The number of rotatable bonds is 9. The number of pyridine rings is 1. The zero-order valence-electron chi connectivity index (χ0n) is 19.8. The first-order chi connectivity index (χ1) is 16.1. The number of ether oxygens (including phenoxy) is 1. The Morgan fingerprint density at radius 1 is 1.09 bits per heavy atom. The predicted molar refractivity (Wildman–Crippen MR) is 126 cm³/mol. The van der Waals surface area contributed by atoms with E-state index in [0.717, 1.165) is 64.7 Å². The van der Waals surface area contributed by atoms with Crippen molar-refractivity contribution in [3.05, 3.63) is 24.5 Å². The van der Waals surface area contributed by atoms with Crippen molar-refractivity contribution in [1.82, 2.24) is 14.8 Å². The Kier molecular flexibility index (Phi) is 8.06. The Morgan fingerprint density at radius 3 is 2.42 bits per heavy atom. The van der Waals surface area contributed by atoms with E-state index in [4.69, 9.17) is 4.74 Å². The summed E-state index contributed by atoms with van der Waals surface area (Å²) in [4.78, 5) is 35.2. The summed E-state index contributed by atoms with van der Waals surface area (Å²) in [5.41, 5.74) is 1.19. The third kappa shape index (κ3) is 5.78. The highest BCUT2D eigenvalue weighted by Crippen LogP contribution is 2.32. The molecule has 3 fully saturated rings. The Bertz CT molecular complexity index is 776. The third-order valence-electron chi connectivity index (χ3n) is 7.61. The van der Waals surface area contributed by atoms with Crippen molar-refractivity contribution in [2.75, 3.05) is 37.6 Å². The maximum Gasteiger partial charge on any atom is 0.410 e. The highest BCUT2D eigenvalue weighted by atomic mass is 16.6. The number of carboxylic acids is 1. The Morgan fingerprint density at radius 2 is 1.79 bits per heavy atom. The number of aliphatic carboxylic acids is 1. The van der Waals surface area contributed by atoms with E-state index in [1.807, 2.05) is 24.5 Å². The summed E-state index contributed by atoms with van der Waals surface area (Å²) in [6, 6.07) is 4.41. The van der Waals surface area contributed by atoms with Crippen molar-refractivity contribution < 1.29 is 19.4 Å². The summed E-state index contributed by atoms with van der Waals surface area (Å²) >= 11 is 0. The maximum atomic E-state index is 13.0. The number of aromatic nitrogens is 1. The molecule has 2 unspecified atom stereocenters. The normalized spacial score (nSPS) is 25.4. The van der Waals surface area contributed by atoms with Crippen LogP contribution in [0.1, 0.15) is 58.3 Å². The van der Waals surface area contributed by atoms with Crippen molar-refractivity contribution >= 4 is 17.7 Å². The second-order valence-corrected chi connectivity index (χ2v) is 9.73. The molecule has 33 heavy (non-hydrogen) atoms. The van der Waals surface area contributed by atoms with Crippen molar-refractivity contribution in [3.8, 4) is 0 Å². The number of amides is 1. The molecule has 3 saturated heterocycles. The molecule has 8 nitrogen and oxygen atoms in total. The van der Waals surface area contributed by atoms with E-state index in [1.165, 1.54) is 5.69 Å². The topological polar surface area (TPSA) is 86.2 Å². The molecule has 3 aliphatic rings. The maximum absolute atomic E-state index is 13.0. The van der Waals surface area contributed by atoms with Crippen LogP contribution in [0.5, 0.6) is 0 Å². The van der Waals surface area contributed by atoms with E-state index < -0.39 is 5.97 Å². The first-order valence-electron chi connectivity index (χ1n) is 12.7. The van der Waals surface area contributed by atoms with E-state index in [0.29, 0.717) is 19.4 Å². The highest BCUT2D eigenvalue weighted by molar-refractivity contribution is 5.71. The first-order valence-corrected chi connectivity index (χ1v) is 12.7. The molecule has 0 aromatic carbocycles. The first kappa shape index (κ1) is 23.8. The lowest BCUT2D eigenvalue weighted by Gasteiger charge is -2.39. The van der Waals surface area contributed by atoms with Gasteiger partial charge in [0.05, 0.1) is 12.0 Å². The number of piperidine rings is 2. The lowest BCUT2D eigenvalue weighted by molar-refractivity contribution is -0.143. The molecule has 4 rings (SSSR count). The minimum atomic E-state index is -0.691. The monoisotopic (exact) mass is 458 g/mol. The van der Waals surface area contributed by atoms with Gasteiger partial charge in [-0.1, -0.05) is 26.2 Å². The van der Waals surface area contributed by atoms with Crippen LogP contribution in [0.25, 0.3) is 0 Å². The molecule has 1 aromatic heterocycles.